The number of guanidine groups is 1. The van der Waals surface area contributed by atoms with Crippen molar-refractivity contribution in [2.75, 3.05) is 32.7 Å². The quantitative estimate of drug-likeness (QED) is 0.585. The van der Waals surface area contributed by atoms with E-state index in [4.69, 9.17) is 5.73 Å². The van der Waals surface area contributed by atoms with Gasteiger partial charge in [-0.3, -0.25) is 14.9 Å². The van der Waals surface area contributed by atoms with Crippen LogP contribution in [0.15, 0.2) is 9.98 Å². The smallest absolute Gasteiger partial charge is 0.321 e. The van der Waals surface area contributed by atoms with Crippen LogP contribution < -0.4 is 16.4 Å². The molecule has 0 bridgehead atoms. The highest BCUT2D eigenvalue weighted by atomic mass is 16.2. The molecule has 0 aromatic heterocycles. The SMILES string of the molecule is CC(C)CCCCC1=NCCN1.CCCCNC1=NCCN1C(N)=O. The molecular weight excluding hydrogens is 316 g/mol. The molecule has 0 atom stereocenters. The molecule has 0 radical (unpaired) electrons. The first kappa shape index (κ1) is 21.3. The molecule has 2 aliphatic rings. The Labute approximate surface area is 152 Å². The molecule has 0 saturated carbocycles. The average Bonchev–Trinajstić information content (AvgIpc) is 3.24. The van der Waals surface area contributed by atoms with Gasteiger partial charge in [-0.1, -0.05) is 40.0 Å². The second kappa shape index (κ2) is 12.6. The number of primary amides is 1. The van der Waals surface area contributed by atoms with Crippen LogP contribution in [0.5, 0.6) is 0 Å². The fourth-order valence-electron chi connectivity index (χ4n) is 2.65. The Balaban J connectivity index is 0.000000251. The third-order valence-electron chi connectivity index (χ3n) is 4.11. The first-order valence-corrected chi connectivity index (χ1v) is 9.67. The minimum atomic E-state index is -0.430. The fraction of sp³-hybridized carbons (Fsp3) is 0.833. The number of rotatable bonds is 8. The van der Waals surface area contributed by atoms with Crippen LogP contribution in [0, 0.1) is 5.92 Å². The summed E-state index contributed by atoms with van der Waals surface area (Å²) in [6, 6.07) is -0.430. The first-order valence-electron chi connectivity index (χ1n) is 9.67. The summed E-state index contributed by atoms with van der Waals surface area (Å²) >= 11 is 0. The number of aliphatic imine (C=N–C) groups is 2. The van der Waals surface area contributed by atoms with Crippen LogP contribution in [0.2, 0.25) is 0 Å². The van der Waals surface area contributed by atoms with Crippen molar-refractivity contribution in [2.45, 2.75) is 59.3 Å². The molecule has 2 amide bonds. The lowest BCUT2D eigenvalue weighted by Crippen LogP contribution is -2.45. The van der Waals surface area contributed by atoms with Gasteiger partial charge in [0.15, 0.2) is 0 Å². The van der Waals surface area contributed by atoms with Gasteiger partial charge >= 0.3 is 6.03 Å². The third-order valence-corrected chi connectivity index (χ3v) is 4.11. The lowest BCUT2D eigenvalue weighted by molar-refractivity contribution is 0.231. The van der Waals surface area contributed by atoms with Gasteiger partial charge in [0, 0.05) is 19.5 Å². The zero-order valence-electron chi connectivity index (χ0n) is 16.2. The minimum Gasteiger partial charge on any atom is -0.372 e. The Morgan fingerprint density at radius 3 is 2.68 bits per heavy atom. The molecule has 0 spiro atoms. The number of carbonyl (C=O) groups is 1. The van der Waals surface area contributed by atoms with E-state index in [1.54, 1.807) is 0 Å². The number of nitrogens with one attached hydrogen (secondary N) is 2. The Morgan fingerprint density at radius 1 is 1.28 bits per heavy atom. The molecule has 0 aromatic rings. The highest BCUT2D eigenvalue weighted by Gasteiger charge is 2.20. The van der Waals surface area contributed by atoms with Crippen LogP contribution in [0.25, 0.3) is 0 Å². The van der Waals surface area contributed by atoms with Gasteiger partial charge in [0.2, 0.25) is 5.96 Å². The predicted molar refractivity (Wildman–Crippen MR) is 105 cm³/mol. The van der Waals surface area contributed by atoms with E-state index >= 15 is 0 Å². The number of urea groups is 1. The molecule has 0 saturated heterocycles. The summed E-state index contributed by atoms with van der Waals surface area (Å²) in [5.74, 6) is 2.71. The number of amides is 2. The molecule has 2 aliphatic heterocycles. The van der Waals surface area contributed by atoms with Crippen molar-refractivity contribution in [3.05, 3.63) is 0 Å². The number of unbranched alkanes of at least 4 members (excludes halogenated alkanes) is 2. The zero-order chi connectivity index (χ0) is 18.5. The number of carbonyl (C=O) groups excluding carboxylic acids is 1. The largest absolute Gasteiger partial charge is 0.372 e. The number of hydrogen-bond donors (Lipinski definition) is 3. The number of nitrogens with two attached hydrogens (primary N) is 1. The van der Waals surface area contributed by atoms with Crippen molar-refractivity contribution in [1.29, 1.82) is 0 Å². The van der Waals surface area contributed by atoms with Crippen LogP contribution in [0.4, 0.5) is 4.79 Å². The Bertz CT molecular complexity index is 447. The van der Waals surface area contributed by atoms with Crippen LogP contribution >= 0.6 is 0 Å². The van der Waals surface area contributed by atoms with Gasteiger partial charge < -0.3 is 16.4 Å². The van der Waals surface area contributed by atoms with E-state index in [9.17, 15) is 4.79 Å². The van der Waals surface area contributed by atoms with Gasteiger partial charge in [0.1, 0.15) is 0 Å². The van der Waals surface area contributed by atoms with E-state index in [-0.39, 0.29) is 0 Å². The van der Waals surface area contributed by atoms with Crippen molar-refractivity contribution in [3.63, 3.8) is 0 Å². The Kier molecular flexibility index (Phi) is 10.7. The summed E-state index contributed by atoms with van der Waals surface area (Å²) in [7, 11) is 0. The van der Waals surface area contributed by atoms with E-state index in [1.807, 2.05) is 0 Å². The molecule has 7 nitrogen and oxygen atoms in total. The van der Waals surface area contributed by atoms with Crippen molar-refractivity contribution >= 4 is 17.8 Å². The van der Waals surface area contributed by atoms with Crippen molar-refractivity contribution in [2.24, 2.45) is 21.6 Å². The average molecular weight is 353 g/mol. The van der Waals surface area contributed by atoms with Gasteiger partial charge in [0.25, 0.3) is 0 Å². The number of hydrogen-bond acceptors (Lipinski definition) is 5. The predicted octanol–water partition coefficient (Wildman–Crippen LogP) is 2.33. The van der Waals surface area contributed by atoms with Gasteiger partial charge in [-0.2, -0.15) is 0 Å². The van der Waals surface area contributed by atoms with Gasteiger partial charge in [0.05, 0.1) is 25.5 Å². The maximum absolute atomic E-state index is 10.9. The molecule has 2 heterocycles. The lowest BCUT2D eigenvalue weighted by Gasteiger charge is -2.16. The highest BCUT2D eigenvalue weighted by molar-refractivity contribution is 5.96. The molecule has 0 aromatic carbocycles. The molecule has 0 unspecified atom stereocenters. The highest BCUT2D eigenvalue weighted by Crippen LogP contribution is 2.08. The summed E-state index contributed by atoms with van der Waals surface area (Å²) in [5, 5.41) is 6.38. The molecule has 0 aliphatic carbocycles. The Hall–Kier alpha value is -1.79. The zero-order valence-corrected chi connectivity index (χ0v) is 16.2. The van der Waals surface area contributed by atoms with Crippen molar-refractivity contribution in [3.8, 4) is 0 Å². The van der Waals surface area contributed by atoms with Crippen molar-refractivity contribution in [1.82, 2.24) is 15.5 Å². The van der Waals surface area contributed by atoms with E-state index < -0.39 is 6.03 Å². The summed E-state index contributed by atoms with van der Waals surface area (Å²) in [4.78, 5) is 20.8. The molecule has 0 fully saturated rings. The van der Waals surface area contributed by atoms with Crippen LogP contribution in [0.3, 0.4) is 0 Å². The van der Waals surface area contributed by atoms with Gasteiger partial charge in [-0.25, -0.2) is 4.79 Å². The summed E-state index contributed by atoms with van der Waals surface area (Å²) in [5.41, 5.74) is 5.16. The van der Waals surface area contributed by atoms with Gasteiger partial charge in [-0.05, 0) is 18.8 Å². The lowest BCUT2D eigenvalue weighted by atomic mass is 10.1. The molecule has 7 heteroatoms. The normalized spacial score (nSPS) is 16.1. The summed E-state index contributed by atoms with van der Waals surface area (Å²) < 4.78 is 0. The Morgan fingerprint density at radius 2 is 2.08 bits per heavy atom. The summed E-state index contributed by atoms with van der Waals surface area (Å²) in [6.07, 6.45) is 7.35. The maximum atomic E-state index is 10.9. The molecule has 2 rings (SSSR count). The van der Waals surface area contributed by atoms with Crippen LogP contribution in [-0.2, 0) is 0 Å². The second-order valence-electron chi connectivity index (χ2n) is 6.87. The van der Waals surface area contributed by atoms with E-state index in [0.29, 0.717) is 19.0 Å². The first-order chi connectivity index (χ1) is 12.0. The summed E-state index contributed by atoms with van der Waals surface area (Å²) in [6.45, 7) is 10.8. The van der Waals surface area contributed by atoms with Gasteiger partial charge in [-0.15, -0.1) is 0 Å². The third kappa shape index (κ3) is 9.31. The molecule has 4 N–H and O–H groups in total. The van der Waals surface area contributed by atoms with E-state index in [0.717, 1.165) is 44.8 Å². The number of nitrogens with zero attached hydrogens (tertiary/aromatic N) is 3. The topological polar surface area (TPSA) is 95.1 Å². The minimum absolute atomic E-state index is 0.430. The standard InChI is InChI=1S/C10H20N2.C8H16N4O/c1-9(2)5-3-4-6-10-11-7-8-12-10;1-2-3-4-10-8-11-5-6-12(8)7(9)13/h9H,3-8H2,1-2H3,(H,11,12);2-6H2,1H3,(H2,9,13)(H,10,11). The van der Waals surface area contributed by atoms with E-state index in [2.05, 4.69) is 41.4 Å². The second-order valence-corrected chi connectivity index (χ2v) is 6.87. The van der Waals surface area contributed by atoms with Crippen LogP contribution in [-0.4, -0.2) is 55.4 Å². The fourth-order valence-corrected chi connectivity index (χ4v) is 2.65. The maximum Gasteiger partial charge on any atom is 0.321 e. The van der Waals surface area contributed by atoms with Crippen LogP contribution in [0.1, 0.15) is 59.3 Å². The molecule has 144 valence electrons. The van der Waals surface area contributed by atoms with Crippen molar-refractivity contribution < 1.29 is 4.79 Å². The number of amidine groups is 1. The van der Waals surface area contributed by atoms with E-state index in [1.165, 1.54) is 30.0 Å². The molecular formula is C18H36N6O. The molecule has 25 heavy (non-hydrogen) atoms. The monoisotopic (exact) mass is 352 g/mol.